The molecular weight excluding hydrogens is 292 g/mol. The molecule has 2 rings (SSSR count). The first-order valence-corrected chi connectivity index (χ1v) is 6.35. The number of anilines is 1. The number of pyridine rings is 1. The van der Waals surface area contributed by atoms with Crippen molar-refractivity contribution in [3.05, 3.63) is 57.7 Å². The molecule has 0 radical (unpaired) electrons. The lowest BCUT2D eigenvalue weighted by Crippen LogP contribution is -2.13. The van der Waals surface area contributed by atoms with Gasteiger partial charge in [0.25, 0.3) is 5.91 Å². The van der Waals surface area contributed by atoms with Gasteiger partial charge < -0.3 is 5.32 Å². The summed E-state index contributed by atoms with van der Waals surface area (Å²) >= 11 is 3.30. The monoisotopic (exact) mass is 304 g/mol. The van der Waals surface area contributed by atoms with Crippen LogP contribution in [0.4, 0.5) is 5.82 Å². The zero-order chi connectivity index (χ0) is 13.1. The number of amides is 1. The van der Waals surface area contributed by atoms with Crippen molar-refractivity contribution in [2.45, 2.75) is 13.8 Å². The van der Waals surface area contributed by atoms with Crippen LogP contribution in [-0.4, -0.2) is 10.9 Å². The SMILES string of the molecule is Cc1cc(C)cc(C(=O)Nc2ccc(Br)cn2)c1. The van der Waals surface area contributed by atoms with E-state index in [1.165, 1.54) is 0 Å². The maximum atomic E-state index is 12.0. The second kappa shape index (κ2) is 5.31. The zero-order valence-electron chi connectivity index (χ0n) is 10.2. The number of benzene rings is 1. The minimum Gasteiger partial charge on any atom is -0.307 e. The number of nitrogens with zero attached hydrogens (tertiary/aromatic N) is 1. The van der Waals surface area contributed by atoms with Crippen LogP contribution in [0, 0.1) is 13.8 Å². The third-order valence-corrected chi connectivity index (χ3v) is 2.92. The van der Waals surface area contributed by atoms with Crippen LogP contribution in [0.15, 0.2) is 41.0 Å². The molecule has 1 N–H and O–H groups in total. The van der Waals surface area contributed by atoms with Crippen molar-refractivity contribution in [3.63, 3.8) is 0 Å². The number of carbonyl (C=O) groups excluding carboxylic acids is 1. The smallest absolute Gasteiger partial charge is 0.256 e. The summed E-state index contributed by atoms with van der Waals surface area (Å²) in [6, 6.07) is 9.35. The van der Waals surface area contributed by atoms with Gasteiger partial charge in [0.2, 0.25) is 0 Å². The Morgan fingerprint density at radius 3 is 2.39 bits per heavy atom. The zero-order valence-corrected chi connectivity index (χ0v) is 11.8. The van der Waals surface area contributed by atoms with E-state index in [0.717, 1.165) is 15.6 Å². The second-order valence-electron chi connectivity index (χ2n) is 4.19. The molecule has 0 bridgehead atoms. The Balaban J connectivity index is 2.19. The highest BCUT2D eigenvalue weighted by Gasteiger charge is 2.07. The predicted molar refractivity (Wildman–Crippen MR) is 75.8 cm³/mol. The van der Waals surface area contributed by atoms with E-state index in [4.69, 9.17) is 0 Å². The van der Waals surface area contributed by atoms with Gasteiger partial charge in [0.05, 0.1) is 0 Å². The van der Waals surface area contributed by atoms with Crippen LogP contribution in [0.1, 0.15) is 21.5 Å². The van der Waals surface area contributed by atoms with Gasteiger partial charge in [0, 0.05) is 16.2 Å². The van der Waals surface area contributed by atoms with Crippen LogP contribution in [-0.2, 0) is 0 Å². The molecule has 0 aliphatic heterocycles. The van der Waals surface area contributed by atoms with Crippen LogP contribution in [0.2, 0.25) is 0 Å². The van der Waals surface area contributed by atoms with E-state index in [2.05, 4.69) is 26.2 Å². The van der Waals surface area contributed by atoms with Crippen molar-refractivity contribution in [2.24, 2.45) is 0 Å². The van der Waals surface area contributed by atoms with E-state index in [0.29, 0.717) is 11.4 Å². The summed E-state index contributed by atoms with van der Waals surface area (Å²) in [5.41, 5.74) is 2.80. The third-order valence-electron chi connectivity index (χ3n) is 2.45. The molecule has 0 saturated heterocycles. The lowest BCUT2D eigenvalue weighted by Gasteiger charge is -2.06. The molecule has 0 aliphatic rings. The quantitative estimate of drug-likeness (QED) is 0.919. The Hall–Kier alpha value is -1.68. The number of rotatable bonds is 2. The molecule has 0 fully saturated rings. The van der Waals surface area contributed by atoms with Crippen LogP contribution < -0.4 is 5.32 Å². The van der Waals surface area contributed by atoms with E-state index in [1.807, 2.05) is 38.1 Å². The van der Waals surface area contributed by atoms with Gasteiger partial charge in [-0.15, -0.1) is 0 Å². The second-order valence-corrected chi connectivity index (χ2v) is 5.11. The fourth-order valence-corrected chi connectivity index (χ4v) is 1.98. The Morgan fingerprint density at radius 1 is 1.17 bits per heavy atom. The maximum absolute atomic E-state index is 12.0. The van der Waals surface area contributed by atoms with Crippen molar-refractivity contribution in [3.8, 4) is 0 Å². The number of aromatic nitrogens is 1. The largest absolute Gasteiger partial charge is 0.307 e. The molecule has 0 spiro atoms. The topological polar surface area (TPSA) is 42.0 Å². The molecule has 0 aliphatic carbocycles. The van der Waals surface area contributed by atoms with Crippen LogP contribution in [0.25, 0.3) is 0 Å². The van der Waals surface area contributed by atoms with Crippen molar-refractivity contribution in [2.75, 3.05) is 5.32 Å². The van der Waals surface area contributed by atoms with Crippen molar-refractivity contribution >= 4 is 27.7 Å². The van der Waals surface area contributed by atoms with Crippen LogP contribution in [0.3, 0.4) is 0 Å². The molecule has 3 nitrogen and oxygen atoms in total. The first-order chi connectivity index (χ1) is 8.54. The Bertz CT molecular complexity index is 559. The molecule has 0 atom stereocenters. The number of halogens is 1. The summed E-state index contributed by atoms with van der Waals surface area (Å²) in [6.07, 6.45) is 1.65. The average Bonchev–Trinajstić information content (AvgIpc) is 2.31. The minimum absolute atomic E-state index is 0.142. The lowest BCUT2D eigenvalue weighted by atomic mass is 10.1. The summed E-state index contributed by atoms with van der Waals surface area (Å²) in [5, 5.41) is 2.77. The summed E-state index contributed by atoms with van der Waals surface area (Å²) < 4.78 is 0.881. The molecule has 4 heteroatoms. The fraction of sp³-hybridized carbons (Fsp3) is 0.143. The first kappa shape index (κ1) is 12.8. The maximum Gasteiger partial charge on any atom is 0.256 e. The Kier molecular flexibility index (Phi) is 3.77. The molecule has 1 amide bonds. The Morgan fingerprint density at radius 2 is 1.83 bits per heavy atom. The van der Waals surface area contributed by atoms with E-state index in [-0.39, 0.29) is 5.91 Å². The first-order valence-electron chi connectivity index (χ1n) is 5.56. The lowest BCUT2D eigenvalue weighted by molar-refractivity contribution is 0.102. The highest BCUT2D eigenvalue weighted by Crippen LogP contribution is 2.13. The average molecular weight is 305 g/mol. The van der Waals surface area contributed by atoms with Gasteiger partial charge in [-0.05, 0) is 54.0 Å². The molecule has 1 aromatic carbocycles. The number of aryl methyl sites for hydroxylation is 2. The molecule has 1 aromatic heterocycles. The van der Waals surface area contributed by atoms with Gasteiger partial charge in [-0.25, -0.2) is 4.98 Å². The summed E-state index contributed by atoms with van der Waals surface area (Å²) in [6.45, 7) is 3.95. The van der Waals surface area contributed by atoms with E-state index < -0.39 is 0 Å². The molecular formula is C14H13BrN2O. The number of hydrogen-bond acceptors (Lipinski definition) is 2. The van der Waals surface area contributed by atoms with Gasteiger partial charge in [-0.3, -0.25) is 4.79 Å². The molecule has 0 unspecified atom stereocenters. The van der Waals surface area contributed by atoms with Gasteiger partial charge in [0.1, 0.15) is 5.82 Å². The third kappa shape index (κ3) is 3.17. The van der Waals surface area contributed by atoms with Crippen molar-refractivity contribution in [1.29, 1.82) is 0 Å². The highest BCUT2D eigenvalue weighted by atomic mass is 79.9. The van der Waals surface area contributed by atoms with Gasteiger partial charge >= 0.3 is 0 Å². The highest BCUT2D eigenvalue weighted by molar-refractivity contribution is 9.10. The van der Waals surface area contributed by atoms with Crippen LogP contribution >= 0.6 is 15.9 Å². The minimum atomic E-state index is -0.142. The molecule has 1 heterocycles. The normalized spacial score (nSPS) is 10.2. The molecule has 92 valence electrons. The van der Waals surface area contributed by atoms with Gasteiger partial charge in [-0.1, -0.05) is 17.2 Å². The van der Waals surface area contributed by atoms with E-state index in [1.54, 1.807) is 12.3 Å². The van der Waals surface area contributed by atoms with E-state index >= 15 is 0 Å². The molecule has 2 aromatic rings. The number of hydrogen-bond donors (Lipinski definition) is 1. The fourth-order valence-electron chi connectivity index (χ4n) is 1.74. The Labute approximate surface area is 114 Å². The van der Waals surface area contributed by atoms with Crippen LogP contribution in [0.5, 0.6) is 0 Å². The van der Waals surface area contributed by atoms with E-state index in [9.17, 15) is 4.79 Å². The molecule has 18 heavy (non-hydrogen) atoms. The molecule has 0 saturated carbocycles. The summed E-state index contributed by atoms with van der Waals surface area (Å²) in [4.78, 5) is 16.2. The van der Waals surface area contributed by atoms with Gasteiger partial charge in [0.15, 0.2) is 0 Å². The number of nitrogens with one attached hydrogen (secondary N) is 1. The summed E-state index contributed by atoms with van der Waals surface area (Å²) in [7, 11) is 0. The summed E-state index contributed by atoms with van der Waals surface area (Å²) in [5.74, 6) is 0.402. The van der Waals surface area contributed by atoms with Crippen molar-refractivity contribution < 1.29 is 4.79 Å². The van der Waals surface area contributed by atoms with Gasteiger partial charge in [-0.2, -0.15) is 0 Å². The predicted octanol–water partition coefficient (Wildman–Crippen LogP) is 3.71. The number of carbonyl (C=O) groups is 1. The van der Waals surface area contributed by atoms with Crippen molar-refractivity contribution in [1.82, 2.24) is 4.98 Å². The standard InChI is InChI=1S/C14H13BrN2O/c1-9-5-10(2)7-11(6-9)14(18)17-13-4-3-12(15)8-16-13/h3-8H,1-2H3,(H,16,17,18).